The molecule has 0 atom stereocenters. The molecule has 4 heteroatoms. The predicted molar refractivity (Wildman–Crippen MR) is 86.3 cm³/mol. The number of hydrogen-bond acceptors (Lipinski definition) is 2. The van der Waals surface area contributed by atoms with Crippen molar-refractivity contribution < 1.29 is 4.79 Å². The first-order valence-corrected chi connectivity index (χ1v) is 8.16. The highest BCUT2D eigenvalue weighted by atomic mass is 35.5. The number of carbonyl (C=O) groups excluding carboxylic acids is 1. The van der Waals surface area contributed by atoms with Crippen LogP contribution in [-0.2, 0) is 4.79 Å². The van der Waals surface area contributed by atoms with Gasteiger partial charge in [0.05, 0.1) is 0 Å². The van der Waals surface area contributed by atoms with Crippen LogP contribution >= 0.6 is 12.4 Å². The number of amides is 1. The third-order valence-corrected chi connectivity index (χ3v) is 5.40. The molecule has 20 heavy (non-hydrogen) atoms. The van der Waals surface area contributed by atoms with Gasteiger partial charge in [-0.15, -0.1) is 12.4 Å². The van der Waals surface area contributed by atoms with Gasteiger partial charge in [-0.2, -0.15) is 0 Å². The largest absolute Gasteiger partial charge is 0.342 e. The van der Waals surface area contributed by atoms with Crippen LogP contribution in [0, 0.1) is 11.3 Å². The summed E-state index contributed by atoms with van der Waals surface area (Å²) in [6.07, 6.45) is 9.45. The minimum absolute atomic E-state index is 0. The second-order valence-electron chi connectivity index (χ2n) is 6.47. The fraction of sp³-hybridized carbons (Fsp3) is 0.938. The summed E-state index contributed by atoms with van der Waals surface area (Å²) in [5.74, 6) is 1.29. The number of piperidine rings is 1. The van der Waals surface area contributed by atoms with E-state index in [9.17, 15) is 4.79 Å². The van der Waals surface area contributed by atoms with Crippen LogP contribution in [0.5, 0.6) is 0 Å². The van der Waals surface area contributed by atoms with Crippen molar-refractivity contribution >= 4 is 18.3 Å². The average molecular weight is 303 g/mol. The Morgan fingerprint density at radius 2 is 1.85 bits per heavy atom. The van der Waals surface area contributed by atoms with E-state index in [2.05, 4.69) is 17.1 Å². The first-order valence-electron chi connectivity index (χ1n) is 8.16. The molecule has 0 radical (unpaired) electrons. The van der Waals surface area contributed by atoms with Crippen LogP contribution in [0.3, 0.4) is 0 Å². The molecule has 0 aromatic heterocycles. The van der Waals surface area contributed by atoms with Gasteiger partial charge in [0.15, 0.2) is 0 Å². The van der Waals surface area contributed by atoms with E-state index >= 15 is 0 Å². The fourth-order valence-electron chi connectivity index (χ4n) is 3.88. The molecule has 0 spiro atoms. The van der Waals surface area contributed by atoms with E-state index < -0.39 is 0 Å². The van der Waals surface area contributed by atoms with Gasteiger partial charge in [-0.25, -0.2) is 0 Å². The van der Waals surface area contributed by atoms with Crippen molar-refractivity contribution in [3.8, 4) is 0 Å². The number of hydrogen-bond donors (Lipinski definition) is 1. The SMILES string of the molecule is CCC1(C(=O)N2CCC(CCNC)CC2)CCCC1.Cl. The zero-order chi connectivity index (χ0) is 13.7. The Kier molecular flexibility index (Phi) is 7.32. The first-order chi connectivity index (χ1) is 9.22. The summed E-state index contributed by atoms with van der Waals surface area (Å²) in [4.78, 5) is 15.0. The van der Waals surface area contributed by atoms with Crippen LogP contribution in [0.25, 0.3) is 0 Å². The van der Waals surface area contributed by atoms with Gasteiger partial charge < -0.3 is 10.2 Å². The Morgan fingerprint density at radius 1 is 1.25 bits per heavy atom. The minimum atomic E-state index is 0. The summed E-state index contributed by atoms with van der Waals surface area (Å²) in [6.45, 7) is 5.30. The van der Waals surface area contributed by atoms with Crippen LogP contribution in [0.4, 0.5) is 0 Å². The number of nitrogens with one attached hydrogen (secondary N) is 1. The molecular weight excluding hydrogens is 272 g/mol. The minimum Gasteiger partial charge on any atom is -0.342 e. The molecule has 0 bridgehead atoms. The quantitative estimate of drug-likeness (QED) is 0.845. The lowest BCUT2D eigenvalue weighted by Crippen LogP contribution is -2.46. The Balaban J connectivity index is 0.00000200. The molecule has 1 aliphatic heterocycles. The van der Waals surface area contributed by atoms with Gasteiger partial charge >= 0.3 is 0 Å². The summed E-state index contributed by atoms with van der Waals surface area (Å²) in [7, 11) is 2.02. The van der Waals surface area contributed by atoms with E-state index in [0.717, 1.165) is 44.8 Å². The molecule has 0 unspecified atom stereocenters. The zero-order valence-corrected chi connectivity index (χ0v) is 13.9. The van der Waals surface area contributed by atoms with Gasteiger partial charge in [-0.05, 0) is 58.0 Å². The number of nitrogens with zero attached hydrogens (tertiary/aromatic N) is 1. The summed E-state index contributed by atoms with van der Waals surface area (Å²) in [6, 6.07) is 0. The molecule has 1 amide bonds. The van der Waals surface area contributed by atoms with Crippen molar-refractivity contribution in [3.63, 3.8) is 0 Å². The van der Waals surface area contributed by atoms with Crippen LogP contribution in [0.2, 0.25) is 0 Å². The normalized spacial score (nSPS) is 22.6. The molecule has 0 aromatic carbocycles. The van der Waals surface area contributed by atoms with Crippen LogP contribution in [0.1, 0.15) is 58.3 Å². The Hall–Kier alpha value is -0.280. The molecule has 0 aromatic rings. The second kappa shape index (κ2) is 8.23. The van der Waals surface area contributed by atoms with E-state index in [0.29, 0.717) is 5.91 Å². The van der Waals surface area contributed by atoms with Crippen molar-refractivity contribution in [2.24, 2.45) is 11.3 Å². The Morgan fingerprint density at radius 3 is 2.35 bits per heavy atom. The van der Waals surface area contributed by atoms with Crippen molar-refractivity contribution in [1.29, 1.82) is 0 Å². The zero-order valence-electron chi connectivity index (χ0n) is 13.1. The number of carbonyl (C=O) groups is 1. The summed E-state index contributed by atoms with van der Waals surface area (Å²) >= 11 is 0. The van der Waals surface area contributed by atoms with Gasteiger partial charge in [-0.3, -0.25) is 4.79 Å². The standard InChI is InChI=1S/C16H30N2O.ClH/c1-3-16(9-4-5-10-16)15(19)18-12-7-14(8-13-18)6-11-17-2;/h14,17H,3-13H2,1-2H3;1H. The van der Waals surface area contributed by atoms with E-state index in [-0.39, 0.29) is 17.8 Å². The lowest BCUT2D eigenvalue weighted by atomic mass is 9.81. The van der Waals surface area contributed by atoms with Crippen molar-refractivity contribution in [1.82, 2.24) is 10.2 Å². The molecule has 1 N–H and O–H groups in total. The third-order valence-electron chi connectivity index (χ3n) is 5.40. The molecule has 1 saturated carbocycles. The van der Waals surface area contributed by atoms with E-state index in [4.69, 9.17) is 0 Å². The van der Waals surface area contributed by atoms with Crippen LogP contribution in [0.15, 0.2) is 0 Å². The topological polar surface area (TPSA) is 32.3 Å². The summed E-state index contributed by atoms with van der Waals surface area (Å²) < 4.78 is 0. The Labute approximate surface area is 130 Å². The predicted octanol–water partition coefficient (Wildman–Crippen LogP) is 3.23. The molecular formula is C16H31ClN2O. The summed E-state index contributed by atoms with van der Waals surface area (Å²) in [5.41, 5.74) is 0.0117. The maximum Gasteiger partial charge on any atom is 0.228 e. The smallest absolute Gasteiger partial charge is 0.228 e. The van der Waals surface area contributed by atoms with Crippen molar-refractivity contribution in [2.75, 3.05) is 26.7 Å². The molecule has 3 nitrogen and oxygen atoms in total. The van der Waals surface area contributed by atoms with Gasteiger partial charge in [-0.1, -0.05) is 19.8 Å². The second-order valence-corrected chi connectivity index (χ2v) is 6.47. The highest BCUT2D eigenvalue weighted by Gasteiger charge is 2.42. The van der Waals surface area contributed by atoms with Crippen LogP contribution in [-0.4, -0.2) is 37.5 Å². The highest BCUT2D eigenvalue weighted by Crippen LogP contribution is 2.43. The number of rotatable bonds is 5. The van der Waals surface area contributed by atoms with E-state index in [1.165, 1.54) is 32.1 Å². The molecule has 118 valence electrons. The number of likely N-dealkylation sites (tertiary alicyclic amines) is 1. The lowest BCUT2D eigenvalue weighted by Gasteiger charge is -2.38. The fourth-order valence-corrected chi connectivity index (χ4v) is 3.88. The van der Waals surface area contributed by atoms with Gasteiger partial charge in [0, 0.05) is 18.5 Å². The lowest BCUT2D eigenvalue weighted by molar-refractivity contribution is -0.143. The van der Waals surface area contributed by atoms with Gasteiger partial charge in [0.25, 0.3) is 0 Å². The molecule has 1 heterocycles. The monoisotopic (exact) mass is 302 g/mol. The summed E-state index contributed by atoms with van der Waals surface area (Å²) in [5, 5.41) is 3.23. The molecule has 1 saturated heterocycles. The van der Waals surface area contributed by atoms with Crippen molar-refractivity contribution in [3.05, 3.63) is 0 Å². The number of halogens is 1. The highest BCUT2D eigenvalue weighted by molar-refractivity contribution is 5.85. The molecule has 1 aliphatic carbocycles. The van der Waals surface area contributed by atoms with E-state index in [1.807, 2.05) is 7.05 Å². The molecule has 2 rings (SSSR count). The molecule has 2 fully saturated rings. The third kappa shape index (κ3) is 3.88. The average Bonchev–Trinajstić information content (AvgIpc) is 2.95. The van der Waals surface area contributed by atoms with Crippen LogP contribution < -0.4 is 5.32 Å². The van der Waals surface area contributed by atoms with Gasteiger partial charge in [0.2, 0.25) is 5.91 Å². The maximum absolute atomic E-state index is 12.8. The van der Waals surface area contributed by atoms with Crippen molar-refractivity contribution in [2.45, 2.75) is 58.3 Å². The van der Waals surface area contributed by atoms with E-state index in [1.54, 1.807) is 0 Å². The van der Waals surface area contributed by atoms with Gasteiger partial charge in [0.1, 0.15) is 0 Å². The Bertz CT molecular complexity index is 295. The molecule has 2 aliphatic rings. The first kappa shape index (κ1) is 17.8. The maximum atomic E-state index is 12.8.